The van der Waals surface area contributed by atoms with E-state index in [1.165, 1.54) is 31.7 Å². The molecule has 1 unspecified atom stereocenters. The SMILES string of the molecule is CC(C)(C)c1ccnc(C2CC[C@@H]3CN(c4nc(-n5ccc(OCCC6C7(CC7)C67CC7)n5)c(Cc5ccccc5)cc4C(=O)NS(=O)(=O)c4cccc(n4)N2)C(C)(C)C3)c1. The molecule has 12 nitrogen and oxygen atoms in total. The van der Waals surface area contributed by atoms with Gasteiger partial charge < -0.3 is 15.0 Å². The van der Waals surface area contributed by atoms with Crippen molar-refractivity contribution in [2.75, 3.05) is 23.4 Å². The molecule has 4 fully saturated rings. The predicted octanol–water partition coefficient (Wildman–Crippen LogP) is 8.58. The first-order valence-corrected chi connectivity index (χ1v) is 23.4. The Morgan fingerprint density at radius 3 is 2.41 bits per heavy atom. The number of rotatable bonds is 8. The molecular weight excluding hydrogens is 785 g/mol. The molecule has 61 heavy (non-hydrogen) atoms. The first-order chi connectivity index (χ1) is 29.1. The van der Waals surface area contributed by atoms with Gasteiger partial charge in [0.05, 0.1) is 23.9 Å². The molecule has 5 aromatic rings. The van der Waals surface area contributed by atoms with E-state index in [0.29, 0.717) is 53.7 Å². The number of anilines is 2. The Kier molecular flexibility index (Phi) is 9.39. The average Bonchev–Trinajstić information content (AvgIpc) is 4.18. The van der Waals surface area contributed by atoms with Crippen LogP contribution < -0.4 is 19.7 Å². The number of amides is 1. The van der Waals surface area contributed by atoms with Gasteiger partial charge in [0, 0.05) is 42.5 Å². The summed E-state index contributed by atoms with van der Waals surface area (Å²) in [5, 5.41) is 8.16. The minimum Gasteiger partial charge on any atom is -0.477 e. The number of carbonyl (C=O) groups excluding carboxylic acids is 1. The fraction of sp³-hybridized carbons (Fsp3) is 0.479. The number of pyridine rings is 3. The van der Waals surface area contributed by atoms with Gasteiger partial charge in [0.25, 0.3) is 15.9 Å². The molecule has 2 aliphatic heterocycles. The highest BCUT2D eigenvalue weighted by Crippen LogP contribution is 2.93. The van der Waals surface area contributed by atoms with Crippen LogP contribution in [-0.4, -0.2) is 57.7 Å². The van der Waals surface area contributed by atoms with Crippen molar-refractivity contribution >= 4 is 27.6 Å². The summed E-state index contributed by atoms with van der Waals surface area (Å²) in [6.07, 6.45) is 13.1. The molecule has 4 aromatic heterocycles. The van der Waals surface area contributed by atoms with Crippen molar-refractivity contribution in [2.24, 2.45) is 22.7 Å². The van der Waals surface area contributed by atoms with Crippen LogP contribution in [0.15, 0.2) is 90.2 Å². The second-order valence-corrected chi connectivity index (χ2v) is 21.5. The number of aromatic nitrogens is 5. The fourth-order valence-electron chi connectivity index (χ4n) is 11.0. The van der Waals surface area contributed by atoms with Crippen molar-refractivity contribution in [2.45, 2.75) is 114 Å². The van der Waals surface area contributed by atoms with E-state index in [2.05, 4.69) is 60.6 Å². The van der Waals surface area contributed by atoms with Crippen LogP contribution in [0.4, 0.5) is 11.6 Å². The monoisotopic (exact) mass is 840 g/mol. The Bertz CT molecular complexity index is 2590. The highest BCUT2D eigenvalue weighted by molar-refractivity contribution is 7.90. The smallest absolute Gasteiger partial charge is 0.281 e. The lowest BCUT2D eigenvalue weighted by molar-refractivity contribution is 0.0981. The van der Waals surface area contributed by atoms with Gasteiger partial charge in [-0.3, -0.25) is 9.78 Å². The summed E-state index contributed by atoms with van der Waals surface area (Å²) in [5.41, 5.74) is 4.69. The highest BCUT2D eigenvalue weighted by atomic mass is 32.2. The molecule has 318 valence electrons. The van der Waals surface area contributed by atoms with Gasteiger partial charge in [0.2, 0.25) is 5.88 Å². The van der Waals surface area contributed by atoms with Gasteiger partial charge in [-0.1, -0.05) is 57.2 Å². The molecule has 4 bridgehead atoms. The van der Waals surface area contributed by atoms with Gasteiger partial charge in [-0.25, -0.2) is 19.4 Å². The van der Waals surface area contributed by atoms with Gasteiger partial charge in [-0.05, 0) is 135 Å². The number of sulfonamides is 1. The van der Waals surface area contributed by atoms with Gasteiger partial charge >= 0.3 is 0 Å². The molecule has 10 rings (SSSR count). The Morgan fingerprint density at radius 2 is 1.67 bits per heavy atom. The number of benzene rings is 1. The van der Waals surface area contributed by atoms with Crippen molar-refractivity contribution in [3.8, 4) is 11.7 Å². The van der Waals surface area contributed by atoms with Crippen LogP contribution in [-0.2, 0) is 21.9 Å². The van der Waals surface area contributed by atoms with E-state index in [1.54, 1.807) is 22.9 Å². The third-order valence-electron chi connectivity index (χ3n) is 14.4. The molecule has 3 saturated carbocycles. The number of nitrogens with zero attached hydrogens (tertiary/aromatic N) is 6. The van der Waals surface area contributed by atoms with E-state index in [1.807, 2.05) is 54.9 Å². The zero-order valence-electron chi connectivity index (χ0n) is 35.8. The van der Waals surface area contributed by atoms with Crippen molar-refractivity contribution < 1.29 is 17.9 Å². The molecule has 13 heteroatoms. The summed E-state index contributed by atoms with van der Waals surface area (Å²) in [6, 6.07) is 22.4. The predicted molar refractivity (Wildman–Crippen MR) is 234 cm³/mol. The maximum Gasteiger partial charge on any atom is 0.281 e. The summed E-state index contributed by atoms with van der Waals surface area (Å²) >= 11 is 0. The molecule has 1 saturated heterocycles. The van der Waals surface area contributed by atoms with Crippen molar-refractivity contribution in [3.63, 3.8) is 0 Å². The van der Waals surface area contributed by atoms with Crippen molar-refractivity contribution in [1.29, 1.82) is 0 Å². The van der Waals surface area contributed by atoms with E-state index in [4.69, 9.17) is 19.8 Å². The molecule has 6 heterocycles. The second-order valence-electron chi connectivity index (χ2n) is 19.9. The Labute approximate surface area is 359 Å². The number of hydrogen-bond acceptors (Lipinski definition) is 10. The lowest BCUT2D eigenvalue weighted by Gasteiger charge is -2.34. The molecular formula is C48H56N8O4S. The number of hydrogen-bond donors (Lipinski definition) is 2. The first kappa shape index (κ1) is 39.8. The standard InChI is InChI=1S/C48H56N8O4S/c1-45(2,3)34-16-23-49-37(28-34)36-15-14-32-29-46(4,5)55(30-32)43-35(44(57)54-61(58,59)41-13-9-12-39(50-36)51-41)27-33(26-31-10-7-6-8-11-31)42(52-43)56-24-17-40(53-56)60-25-18-38-47(19-20-47)48(38)21-22-48/h6-13,16-17,23-24,27-28,32,36,38H,14-15,18-22,25-26,29-30H2,1-5H3,(H,50,51)(H,54,57)/t32-,36?/m0/s1. The Morgan fingerprint density at radius 1 is 0.902 bits per heavy atom. The van der Waals surface area contributed by atoms with Crippen LogP contribution in [0.2, 0.25) is 0 Å². The summed E-state index contributed by atoms with van der Waals surface area (Å²) in [4.78, 5) is 31.4. The fourth-order valence-corrected chi connectivity index (χ4v) is 11.9. The molecule has 2 spiro atoms. The van der Waals surface area contributed by atoms with Crippen molar-refractivity contribution in [3.05, 3.63) is 113 Å². The summed E-state index contributed by atoms with van der Waals surface area (Å²) < 4.78 is 38.6. The maximum atomic E-state index is 14.6. The highest BCUT2D eigenvalue weighted by Gasteiger charge is 2.85. The van der Waals surface area contributed by atoms with Gasteiger partial charge in [0.1, 0.15) is 11.6 Å². The molecule has 3 aliphatic carbocycles. The zero-order chi connectivity index (χ0) is 42.4. The summed E-state index contributed by atoms with van der Waals surface area (Å²) in [7, 11) is -4.42. The minimum atomic E-state index is -4.42. The average molecular weight is 841 g/mol. The van der Waals surface area contributed by atoms with E-state index in [0.717, 1.165) is 54.0 Å². The Hall–Kier alpha value is -5.30. The molecule has 5 aliphatic rings. The number of carbonyl (C=O) groups is 1. The third kappa shape index (κ3) is 7.36. The normalized spacial score (nSPS) is 23.0. The molecule has 2 N–H and O–H groups in total. The van der Waals surface area contributed by atoms with Crippen LogP contribution in [0.5, 0.6) is 5.88 Å². The van der Waals surface area contributed by atoms with Gasteiger partial charge in [-0.15, -0.1) is 5.10 Å². The van der Waals surface area contributed by atoms with Gasteiger partial charge in [0.15, 0.2) is 10.8 Å². The molecule has 0 radical (unpaired) electrons. The van der Waals surface area contributed by atoms with Crippen LogP contribution in [0, 0.1) is 22.7 Å². The van der Waals surface area contributed by atoms with Crippen LogP contribution in [0.25, 0.3) is 5.82 Å². The van der Waals surface area contributed by atoms with E-state index >= 15 is 0 Å². The maximum absolute atomic E-state index is 14.6. The third-order valence-corrected chi connectivity index (χ3v) is 15.7. The van der Waals surface area contributed by atoms with Crippen molar-refractivity contribution in [1.82, 2.24) is 29.5 Å². The topological polar surface area (TPSA) is 144 Å². The molecule has 1 amide bonds. The molecule has 1 aromatic carbocycles. The molecule has 2 atom stereocenters. The minimum absolute atomic E-state index is 0.0853. The zero-order valence-corrected chi connectivity index (χ0v) is 36.6. The summed E-state index contributed by atoms with van der Waals surface area (Å²) in [5.74, 6) is 2.14. The van der Waals surface area contributed by atoms with Crippen LogP contribution in [0.1, 0.15) is 125 Å². The number of ether oxygens (including phenoxy) is 1. The van der Waals surface area contributed by atoms with E-state index in [9.17, 15) is 13.2 Å². The van der Waals surface area contributed by atoms with Crippen LogP contribution >= 0.6 is 0 Å². The Balaban J connectivity index is 1.03. The summed E-state index contributed by atoms with van der Waals surface area (Å²) in [6.45, 7) is 12.1. The second kappa shape index (κ2) is 14.4. The largest absolute Gasteiger partial charge is 0.477 e. The number of nitrogens with one attached hydrogen (secondary N) is 2. The van der Waals surface area contributed by atoms with E-state index < -0.39 is 21.5 Å². The first-order valence-electron chi connectivity index (χ1n) is 22.0. The lowest BCUT2D eigenvalue weighted by atomic mass is 9.86. The van der Waals surface area contributed by atoms with E-state index in [-0.39, 0.29) is 28.0 Å². The van der Waals surface area contributed by atoms with Gasteiger partial charge in [-0.2, -0.15) is 8.42 Å². The van der Waals surface area contributed by atoms with Crippen LogP contribution in [0.3, 0.4) is 0 Å². The quantitative estimate of drug-likeness (QED) is 0.156. The lowest BCUT2D eigenvalue weighted by Crippen LogP contribution is -2.41. The number of fused-ring (bicyclic) bond motifs is 7.